The van der Waals surface area contributed by atoms with E-state index in [0.29, 0.717) is 5.82 Å². The molecule has 4 rings (SSSR count). The number of nitrogens with zero attached hydrogens (tertiary/aromatic N) is 6. The van der Waals surface area contributed by atoms with E-state index in [1.54, 1.807) is 11.6 Å². The number of aryl methyl sites for hydroxylation is 1. The monoisotopic (exact) mass is 330 g/mol. The molecule has 3 aromatic heterocycles. The lowest BCUT2D eigenvalue weighted by Crippen LogP contribution is -1.91. The Hall–Kier alpha value is -2.39. The molecule has 0 saturated carbocycles. The largest absolute Gasteiger partial charge is 0.497 e. The Morgan fingerprint density at radius 1 is 1.18 bits per heavy atom. The number of rotatable bonds is 3. The highest BCUT2D eigenvalue weighted by molar-refractivity contribution is 7.19. The SMILES string of the molecule is COc1cccc(-c2nn3c(-c4snnc4C)nnc3s2)c1. The van der Waals surface area contributed by atoms with Gasteiger partial charge in [-0.05, 0) is 30.6 Å². The molecule has 0 bridgehead atoms. The Kier molecular flexibility index (Phi) is 3.09. The van der Waals surface area contributed by atoms with Gasteiger partial charge in [0.15, 0.2) is 5.82 Å². The highest BCUT2D eigenvalue weighted by Gasteiger charge is 2.18. The maximum absolute atomic E-state index is 5.26. The summed E-state index contributed by atoms with van der Waals surface area (Å²) in [5.41, 5.74) is 1.81. The second-order valence-electron chi connectivity index (χ2n) is 4.54. The molecule has 0 saturated heterocycles. The Morgan fingerprint density at radius 2 is 2.09 bits per heavy atom. The van der Waals surface area contributed by atoms with Crippen LogP contribution in [0.5, 0.6) is 5.75 Å². The minimum absolute atomic E-state index is 0.674. The predicted molar refractivity (Wildman–Crippen MR) is 84.3 cm³/mol. The van der Waals surface area contributed by atoms with E-state index in [0.717, 1.165) is 31.9 Å². The minimum Gasteiger partial charge on any atom is -0.497 e. The topological polar surface area (TPSA) is 78.1 Å². The zero-order valence-corrected chi connectivity index (χ0v) is 13.4. The lowest BCUT2D eigenvalue weighted by molar-refractivity contribution is 0.415. The van der Waals surface area contributed by atoms with Gasteiger partial charge in [0.2, 0.25) is 4.96 Å². The fourth-order valence-corrected chi connectivity index (χ4v) is 3.53. The molecule has 110 valence electrons. The van der Waals surface area contributed by atoms with Crippen molar-refractivity contribution in [1.82, 2.24) is 29.4 Å². The highest BCUT2D eigenvalue weighted by Crippen LogP contribution is 2.31. The van der Waals surface area contributed by atoms with Gasteiger partial charge in [-0.1, -0.05) is 28.0 Å². The molecule has 9 heteroatoms. The first kappa shape index (κ1) is 13.3. The van der Waals surface area contributed by atoms with Gasteiger partial charge in [-0.3, -0.25) is 0 Å². The summed E-state index contributed by atoms with van der Waals surface area (Å²) >= 11 is 2.77. The molecule has 0 spiro atoms. The van der Waals surface area contributed by atoms with Crippen molar-refractivity contribution in [1.29, 1.82) is 0 Å². The van der Waals surface area contributed by atoms with Crippen molar-refractivity contribution >= 4 is 27.8 Å². The molecule has 0 aliphatic heterocycles. The van der Waals surface area contributed by atoms with E-state index in [1.807, 2.05) is 31.2 Å². The van der Waals surface area contributed by atoms with Crippen LogP contribution in [0.4, 0.5) is 0 Å². The summed E-state index contributed by atoms with van der Waals surface area (Å²) in [6.07, 6.45) is 0. The van der Waals surface area contributed by atoms with E-state index in [2.05, 4.69) is 24.9 Å². The first-order chi connectivity index (χ1) is 10.8. The lowest BCUT2D eigenvalue weighted by atomic mass is 10.2. The van der Waals surface area contributed by atoms with E-state index in [4.69, 9.17) is 4.74 Å². The number of hydrogen-bond donors (Lipinski definition) is 0. The van der Waals surface area contributed by atoms with Gasteiger partial charge in [0.25, 0.3) is 0 Å². The number of hydrogen-bond acceptors (Lipinski definition) is 8. The smallest absolute Gasteiger partial charge is 0.235 e. The van der Waals surface area contributed by atoms with Crippen LogP contribution in [0.1, 0.15) is 5.69 Å². The third-order valence-electron chi connectivity index (χ3n) is 3.16. The number of fused-ring (bicyclic) bond motifs is 1. The number of ether oxygens (including phenoxy) is 1. The van der Waals surface area contributed by atoms with E-state index >= 15 is 0 Å². The zero-order chi connectivity index (χ0) is 15.1. The maximum atomic E-state index is 5.26. The molecule has 0 unspecified atom stereocenters. The summed E-state index contributed by atoms with van der Waals surface area (Å²) in [6.45, 7) is 1.90. The molecular weight excluding hydrogens is 320 g/mol. The minimum atomic E-state index is 0.674. The van der Waals surface area contributed by atoms with Gasteiger partial charge in [-0.15, -0.1) is 15.3 Å². The Morgan fingerprint density at radius 3 is 2.86 bits per heavy atom. The van der Waals surface area contributed by atoms with Crippen LogP contribution in [0.3, 0.4) is 0 Å². The first-order valence-corrected chi connectivity index (χ1v) is 8.01. The number of aromatic nitrogens is 6. The molecule has 0 atom stereocenters. The number of benzene rings is 1. The molecule has 1 aromatic carbocycles. The quantitative estimate of drug-likeness (QED) is 0.575. The molecule has 0 aliphatic rings. The number of methoxy groups -OCH3 is 1. The molecule has 0 amide bonds. The van der Waals surface area contributed by atoms with Crippen molar-refractivity contribution in [2.75, 3.05) is 7.11 Å². The van der Waals surface area contributed by atoms with Crippen molar-refractivity contribution in [3.8, 4) is 27.0 Å². The summed E-state index contributed by atoms with van der Waals surface area (Å²) in [6, 6.07) is 7.79. The molecule has 0 N–H and O–H groups in total. The predicted octanol–water partition coefficient (Wildman–Crippen LogP) is 2.69. The summed E-state index contributed by atoms with van der Waals surface area (Å²) in [7, 11) is 1.65. The van der Waals surface area contributed by atoms with Crippen molar-refractivity contribution in [2.24, 2.45) is 0 Å². The van der Waals surface area contributed by atoms with Gasteiger partial charge < -0.3 is 4.74 Å². The molecule has 0 fully saturated rings. The standard InChI is InChI=1S/C13H10N6OS2/c1-7-10(22-18-14-7)11-15-16-13-19(11)17-12(21-13)8-4-3-5-9(6-8)20-2/h3-6H,1-2H3. The van der Waals surface area contributed by atoms with Gasteiger partial charge in [-0.2, -0.15) is 9.61 Å². The fourth-order valence-electron chi connectivity index (χ4n) is 2.07. The van der Waals surface area contributed by atoms with Gasteiger partial charge >= 0.3 is 0 Å². The summed E-state index contributed by atoms with van der Waals surface area (Å²) in [5.74, 6) is 1.47. The van der Waals surface area contributed by atoms with Crippen molar-refractivity contribution in [3.63, 3.8) is 0 Å². The molecule has 7 nitrogen and oxygen atoms in total. The van der Waals surface area contributed by atoms with Crippen LogP contribution in [0.25, 0.3) is 26.2 Å². The van der Waals surface area contributed by atoms with E-state index in [-0.39, 0.29) is 0 Å². The Labute approximate surface area is 133 Å². The van der Waals surface area contributed by atoms with Gasteiger partial charge in [-0.25, -0.2) is 0 Å². The molecule has 22 heavy (non-hydrogen) atoms. The molecule has 3 heterocycles. The summed E-state index contributed by atoms with van der Waals surface area (Å²) in [5, 5.41) is 17.9. The van der Waals surface area contributed by atoms with Crippen LogP contribution < -0.4 is 4.74 Å². The second-order valence-corrected chi connectivity index (χ2v) is 6.25. The van der Waals surface area contributed by atoms with E-state index < -0.39 is 0 Å². The van der Waals surface area contributed by atoms with Gasteiger partial charge in [0.1, 0.15) is 15.6 Å². The molecule has 0 radical (unpaired) electrons. The fraction of sp³-hybridized carbons (Fsp3) is 0.154. The van der Waals surface area contributed by atoms with Gasteiger partial charge in [0.05, 0.1) is 12.8 Å². The summed E-state index contributed by atoms with van der Waals surface area (Å²) in [4.78, 5) is 1.62. The van der Waals surface area contributed by atoms with Crippen LogP contribution in [0, 0.1) is 6.92 Å². The molecular formula is C13H10N6OS2. The van der Waals surface area contributed by atoms with Crippen LogP contribution in [0.15, 0.2) is 24.3 Å². The van der Waals surface area contributed by atoms with Crippen LogP contribution in [-0.4, -0.2) is 36.5 Å². The van der Waals surface area contributed by atoms with Crippen molar-refractivity contribution < 1.29 is 4.74 Å². The van der Waals surface area contributed by atoms with E-state index in [9.17, 15) is 0 Å². The highest BCUT2D eigenvalue weighted by atomic mass is 32.1. The zero-order valence-electron chi connectivity index (χ0n) is 11.7. The maximum Gasteiger partial charge on any atom is 0.235 e. The average Bonchev–Trinajstić information content (AvgIpc) is 3.22. The first-order valence-electron chi connectivity index (χ1n) is 6.42. The average molecular weight is 330 g/mol. The van der Waals surface area contributed by atoms with Crippen molar-refractivity contribution in [3.05, 3.63) is 30.0 Å². The Bertz CT molecular complexity index is 956. The van der Waals surface area contributed by atoms with Crippen LogP contribution in [0.2, 0.25) is 0 Å². The lowest BCUT2D eigenvalue weighted by Gasteiger charge is -2.00. The van der Waals surface area contributed by atoms with Crippen LogP contribution in [-0.2, 0) is 0 Å². The molecule has 0 aliphatic carbocycles. The second kappa shape index (κ2) is 5.11. The third-order valence-corrected chi connectivity index (χ3v) is 4.93. The third kappa shape index (κ3) is 2.06. The Balaban J connectivity index is 1.85. The van der Waals surface area contributed by atoms with E-state index in [1.165, 1.54) is 22.9 Å². The normalized spacial score (nSPS) is 11.2. The van der Waals surface area contributed by atoms with Gasteiger partial charge in [0, 0.05) is 5.56 Å². The molecule has 4 aromatic rings. The summed E-state index contributed by atoms with van der Waals surface area (Å²) < 4.78 is 10.9. The van der Waals surface area contributed by atoms with Crippen LogP contribution >= 0.6 is 22.9 Å². The van der Waals surface area contributed by atoms with Crippen molar-refractivity contribution in [2.45, 2.75) is 6.92 Å².